The maximum absolute atomic E-state index is 11.2. The highest BCUT2D eigenvalue weighted by molar-refractivity contribution is 6.32. The Hall–Kier alpha value is -1.81. The molecular formula is C11H9ClN2O2. The lowest BCUT2D eigenvalue weighted by molar-refractivity contribution is 0.476. The first-order chi connectivity index (χ1) is 7.58. The van der Waals surface area contributed by atoms with Gasteiger partial charge in [-0.25, -0.2) is 4.68 Å². The highest BCUT2D eigenvalue weighted by Crippen LogP contribution is 2.27. The van der Waals surface area contributed by atoms with Crippen LogP contribution in [0.1, 0.15) is 0 Å². The number of phenolic OH excluding ortho intramolecular Hbond substituents is 1. The molecule has 1 aromatic carbocycles. The summed E-state index contributed by atoms with van der Waals surface area (Å²) in [7, 11) is 1.57. The van der Waals surface area contributed by atoms with E-state index in [0.29, 0.717) is 11.3 Å². The largest absolute Gasteiger partial charge is 0.506 e. The van der Waals surface area contributed by atoms with E-state index in [9.17, 15) is 9.90 Å². The number of hydrogen-bond acceptors (Lipinski definition) is 3. The van der Waals surface area contributed by atoms with Crippen LogP contribution in [0.2, 0.25) is 5.02 Å². The van der Waals surface area contributed by atoms with E-state index in [4.69, 9.17) is 11.6 Å². The number of aryl methyl sites for hydroxylation is 1. The molecule has 0 amide bonds. The third-order valence-corrected chi connectivity index (χ3v) is 2.52. The first-order valence-electron chi connectivity index (χ1n) is 4.61. The van der Waals surface area contributed by atoms with Crippen LogP contribution in [0.4, 0.5) is 0 Å². The van der Waals surface area contributed by atoms with E-state index < -0.39 is 0 Å². The van der Waals surface area contributed by atoms with Crippen LogP contribution in [0.3, 0.4) is 0 Å². The lowest BCUT2D eigenvalue weighted by Crippen LogP contribution is -2.18. The Morgan fingerprint density at radius 3 is 2.69 bits per heavy atom. The minimum atomic E-state index is -0.179. The second-order valence-electron chi connectivity index (χ2n) is 3.35. The fraction of sp³-hybridized carbons (Fsp3) is 0.0909. The molecule has 2 aromatic rings. The Bertz CT molecular complexity index is 593. The molecule has 0 saturated heterocycles. The minimum Gasteiger partial charge on any atom is -0.506 e. The van der Waals surface area contributed by atoms with Crippen molar-refractivity contribution in [1.82, 2.24) is 9.78 Å². The fourth-order valence-electron chi connectivity index (χ4n) is 1.33. The van der Waals surface area contributed by atoms with Crippen molar-refractivity contribution in [3.05, 3.63) is 45.7 Å². The van der Waals surface area contributed by atoms with Crippen LogP contribution in [0.15, 0.2) is 35.1 Å². The summed E-state index contributed by atoms with van der Waals surface area (Å²) in [5.41, 5.74) is 1.13. The molecular weight excluding hydrogens is 228 g/mol. The highest BCUT2D eigenvalue weighted by Gasteiger charge is 2.04. The lowest BCUT2D eigenvalue weighted by atomic mass is 10.1. The van der Waals surface area contributed by atoms with Gasteiger partial charge in [-0.15, -0.1) is 0 Å². The lowest BCUT2D eigenvalue weighted by Gasteiger charge is -2.04. The molecule has 4 nitrogen and oxygen atoms in total. The first kappa shape index (κ1) is 10.7. The van der Waals surface area contributed by atoms with Crippen molar-refractivity contribution in [3.63, 3.8) is 0 Å². The van der Waals surface area contributed by atoms with Crippen molar-refractivity contribution in [2.24, 2.45) is 7.05 Å². The Morgan fingerprint density at radius 2 is 2.06 bits per heavy atom. The Kier molecular flexibility index (Phi) is 2.66. The van der Waals surface area contributed by atoms with Crippen LogP contribution in [-0.4, -0.2) is 14.9 Å². The van der Waals surface area contributed by atoms with Crippen molar-refractivity contribution in [2.75, 3.05) is 0 Å². The van der Waals surface area contributed by atoms with Gasteiger partial charge in [-0.1, -0.05) is 17.7 Å². The molecule has 82 valence electrons. The summed E-state index contributed by atoms with van der Waals surface area (Å²) in [6.45, 7) is 0. The molecule has 1 N–H and O–H groups in total. The molecule has 0 aliphatic carbocycles. The molecule has 0 unspecified atom stereocenters. The average molecular weight is 237 g/mol. The van der Waals surface area contributed by atoms with E-state index in [0.717, 1.165) is 0 Å². The fourth-order valence-corrected chi connectivity index (χ4v) is 1.45. The first-order valence-corrected chi connectivity index (χ1v) is 4.99. The summed E-state index contributed by atoms with van der Waals surface area (Å²) in [6, 6.07) is 7.85. The smallest absolute Gasteiger partial charge is 0.266 e. The number of phenols is 1. The van der Waals surface area contributed by atoms with Crippen molar-refractivity contribution in [1.29, 1.82) is 0 Å². The Labute approximate surface area is 96.7 Å². The normalized spacial score (nSPS) is 10.4. The van der Waals surface area contributed by atoms with Crippen molar-refractivity contribution in [3.8, 4) is 17.0 Å². The average Bonchev–Trinajstić information content (AvgIpc) is 2.26. The second kappa shape index (κ2) is 3.98. The van der Waals surface area contributed by atoms with Gasteiger partial charge in [-0.3, -0.25) is 4.79 Å². The summed E-state index contributed by atoms with van der Waals surface area (Å²) >= 11 is 5.70. The molecule has 16 heavy (non-hydrogen) atoms. The molecule has 5 heteroatoms. The van der Waals surface area contributed by atoms with Crippen molar-refractivity contribution >= 4 is 11.6 Å². The number of halogens is 1. The van der Waals surface area contributed by atoms with Gasteiger partial charge in [0.15, 0.2) is 0 Å². The molecule has 0 aliphatic rings. The molecule has 1 heterocycles. The number of aromatic nitrogens is 2. The van der Waals surface area contributed by atoms with Crippen LogP contribution in [0, 0.1) is 0 Å². The zero-order chi connectivity index (χ0) is 11.7. The standard InChI is InChI=1S/C11H9ClN2O2/c1-14-11(16)5-4-9(13-14)7-2-3-8(12)10(15)6-7/h2-6,15H,1H3. The molecule has 0 fully saturated rings. The van der Waals surface area contributed by atoms with Gasteiger partial charge in [0.05, 0.1) is 10.7 Å². The second-order valence-corrected chi connectivity index (χ2v) is 3.75. The third kappa shape index (κ3) is 1.92. The number of benzene rings is 1. The number of aromatic hydroxyl groups is 1. The van der Waals surface area contributed by atoms with Crippen LogP contribution in [0.5, 0.6) is 5.75 Å². The Balaban J connectivity index is 2.54. The summed E-state index contributed by atoms with van der Waals surface area (Å²) in [4.78, 5) is 11.2. The maximum atomic E-state index is 11.2. The van der Waals surface area contributed by atoms with Gasteiger partial charge >= 0.3 is 0 Å². The van der Waals surface area contributed by atoms with Crippen LogP contribution < -0.4 is 5.56 Å². The van der Waals surface area contributed by atoms with Gasteiger partial charge in [-0.2, -0.15) is 5.10 Å². The maximum Gasteiger partial charge on any atom is 0.266 e. The molecule has 0 aliphatic heterocycles. The Morgan fingerprint density at radius 1 is 1.31 bits per heavy atom. The molecule has 0 atom stereocenters. The van der Waals surface area contributed by atoms with E-state index in [2.05, 4.69) is 5.10 Å². The van der Waals surface area contributed by atoms with Gasteiger partial charge in [0.1, 0.15) is 5.75 Å². The van der Waals surface area contributed by atoms with Crippen molar-refractivity contribution in [2.45, 2.75) is 0 Å². The van der Waals surface area contributed by atoms with E-state index in [1.165, 1.54) is 16.8 Å². The minimum absolute atomic E-state index is 0.00480. The SMILES string of the molecule is Cn1nc(-c2ccc(Cl)c(O)c2)ccc1=O. The third-order valence-electron chi connectivity index (χ3n) is 2.20. The van der Waals surface area contributed by atoms with E-state index in [1.807, 2.05) is 0 Å². The van der Waals surface area contributed by atoms with Crippen LogP contribution in [0.25, 0.3) is 11.3 Å². The molecule has 0 bridgehead atoms. The van der Waals surface area contributed by atoms with Crippen molar-refractivity contribution < 1.29 is 5.11 Å². The van der Waals surface area contributed by atoms with E-state index >= 15 is 0 Å². The van der Waals surface area contributed by atoms with Crippen LogP contribution in [-0.2, 0) is 7.05 Å². The topological polar surface area (TPSA) is 55.1 Å². The molecule has 0 radical (unpaired) electrons. The van der Waals surface area contributed by atoms with E-state index in [-0.39, 0.29) is 16.3 Å². The summed E-state index contributed by atoms with van der Waals surface area (Å²) in [5, 5.41) is 13.8. The highest BCUT2D eigenvalue weighted by atomic mass is 35.5. The van der Waals surface area contributed by atoms with Crippen LogP contribution >= 0.6 is 11.6 Å². The van der Waals surface area contributed by atoms with Gasteiger partial charge < -0.3 is 5.11 Å². The zero-order valence-electron chi connectivity index (χ0n) is 8.51. The van der Waals surface area contributed by atoms with Gasteiger partial charge in [0.25, 0.3) is 5.56 Å². The molecule has 0 spiro atoms. The predicted octanol–water partition coefficient (Wildman–Crippen LogP) is 1.81. The zero-order valence-corrected chi connectivity index (χ0v) is 9.27. The summed E-state index contributed by atoms with van der Waals surface area (Å²) in [5.74, 6) is -0.00480. The van der Waals surface area contributed by atoms with E-state index in [1.54, 1.807) is 25.2 Å². The number of hydrogen-bond donors (Lipinski definition) is 1. The summed E-state index contributed by atoms with van der Waals surface area (Å²) in [6.07, 6.45) is 0. The predicted molar refractivity (Wildman–Crippen MR) is 61.6 cm³/mol. The number of rotatable bonds is 1. The summed E-state index contributed by atoms with van der Waals surface area (Å²) < 4.78 is 1.24. The number of nitrogens with zero attached hydrogens (tertiary/aromatic N) is 2. The molecule has 1 aromatic heterocycles. The molecule has 2 rings (SSSR count). The quantitative estimate of drug-likeness (QED) is 0.822. The molecule has 0 saturated carbocycles. The van der Waals surface area contributed by atoms with Gasteiger partial charge in [-0.05, 0) is 18.2 Å². The van der Waals surface area contributed by atoms with Gasteiger partial charge in [0.2, 0.25) is 0 Å². The monoisotopic (exact) mass is 236 g/mol. The van der Waals surface area contributed by atoms with Gasteiger partial charge in [0, 0.05) is 18.7 Å².